The van der Waals surface area contributed by atoms with E-state index in [0.29, 0.717) is 17.5 Å². The van der Waals surface area contributed by atoms with Gasteiger partial charge in [-0.3, -0.25) is 15.1 Å². The number of hydrogen-bond donors (Lipinski definition) is 2. The van der Waals surface area contributed by atoms with Gasteiger partial charge in [0.1, 0.15) is 6.04 Å². The van der Waals surface area contributed by atoms with Crippen molar-refractivity contribution < 1.29 is 14.3 Å². The number of aliphatic imine (C=N–C) groups is 1. The lowest BCUT2D eigenvalue weighted by molar-refractivity contribution is -0.120. The van der Waals surface area contributed by atoms with Gasteiger partial charge in [0.2, 0.25) is 6.79 Å². The number of ether oxygens (including phenoxy) is 2. The van der Waals surface area contributed by atoms with Crippen LogP contribution in [0.2, 0.25) is 0 Å². The molecule has 94 valence electrons. The predicted octanol–water partition coefficient (Wildman–Crippen LogP) is 0.924. The number of halogens is 1. The maximum Gasteiger partial charge on any atom is 0.253 e. The summed E-state index contributed by atoms with van der Waals surface area (Å²) in [6.07, 6.45) is 0. The van der Waals surface area contributed by atoms with Crippen molar-refractivity contribution in [3.8, 4) is 11.5 Å². The molecule has 0 aromatic heterocycles. The molecule has 0 spiro atoms. The van der Waals surface area contributed by atoms with Crippen molar-refractivity contribution in [1.82, 2.24) is 10.6 Å². The highest BCUT2D eigenvalue weighted by atomic mass is 79.9. The first-order valence-corrected chi connectivity index (χ1v) is 6.11. The Kier molecular flexibility index (Phi) is 2.62. The molecule has 2 N–H and O–H groups in total. The molecule has 1 amide bonds. The van der Waals surface area contributed by atoms with Gasteiger partial charge >= 0.3 is 0 Å². The fourth-order valence-electron chi connectivity index (χ4n) is 1.94. The Bertz CT molecular complexity index is 559. The van der Waals surface area contributed by atoms with Gasteiger partial charge in [-0.05, 0) is 33.6 Å². The van der Waals surface area contributed by atoms with Crippen LogP contribution >= 0.6 is 15.9 Å². The summed E-state index contributed by atoms with van der Waals surface area (Å²) in [5, 5.41) is 5.65. The summed E-state index contributed by atoms with van der Waals surface area (Å²) in [4.78, 5) is 15.7. The minimum atomic E-state index is -0.463. The van der Waals surface area contributed by atoms with E-state index in [0.717, 1.165) is 10.0 Å². The van der Waals surface area contributed by atoms with E-state index < -0.39 is 6.04 Å². The minimum Gasteiger partial charge on any atom is -0.454 e. The molecule has 2 heterocycles. The number of carbonyl (C=O) groups is 1. The Labute approximate surface area is 111 Å². The molecule has 1 aromatic carbocycles. The van der Waals surface area contributed by atoms with Crippen molar-refractivity contribution in [2.75, 3.05) is 13.8 Å². The third-order valence-corrected chi connectivity index (χ3v) is 3.38. The van der Waals surface area contributed by atoms with Crippen LogP contribution in [0, 0.1) is 0 Å². The van der Waals surface area contributed by atoms with Crippen LogP contribution in [0.4, 0.5) is 0 Å². The summed E-state index contributed by atoms with van der Waals surface area (Å²) in [6.45, 7) is 0.198. The van der Waals surface area contributed by atoms with Crippen LogP contribution < -0.4 is 20.1 Å². The van der Waals surface area contributed by atoms with Crippen LogP contribution in [0.5, 0.6) is 11.5 Å². The number of hydrogen-bond acceptors (Lipinski definition) is 4. The van der Waals surface area contributed by atoms with E-state index >= 15 is 0 Å². The normalized spacial score (nSPS) is 23.1. The second-order valence-electron chi connectivity index (χ2n) is 3.88. The molecule has 1 fully saturated rings. The molecule has 7 heteroatoms. The lowest BCUT2D eigenvalue weighted by Crippen LogP contribution is -2.24. The lowest BCUT2D eigenvalue weighted by atomic mass is 10.1. The number of benzene rings is 1. The molecule has 0 saturated carbocycles. The molecular weight excluding hydrogens is 302 g/mol. The molecule has 3 rings (SSSR count). The maximum absolute atomic E-state index is 11.8. The first-order valence-electron chi connectivity index (χ1n) is 5.32. The summed E-state index contributed by atoms with van der Waals surface area (Å²) >= 11 is 3.40. The average molecular weight is 312 g/mol. The molecule has 0 radical (unpaired) electrons. The van der Waals surface area contributed by atoms with Crippen molar-refractivity contribution in [2.24, 2.45) is 4.99 Å². The number of guanidine groups is 1. The Hall–Kier alpha value is -1.76. The zero-order valence-electron chi connectivity index (χ0n) is 9.49. The summed E-state index contributed by atoms with van der Waals surface area (Å²) in [5.41, 5.74) is 0.794. The second kappa shape index (κ2) is 4.16. The Morgan fingerprint density at radius 2 is 2.28 bits per heavy atom. The molecule has 0 bridgehead atoms. The quantitative estimate of drug-likeness (QED) is 0.809. The number of carbonyl (C=O) groups excluding carboxylic acids is 1. The summed E-state index contributed by atoms with van der Waals surface area (Å²) in [6, 6.07) is 3.17. The van der Waals surface area contributed by atoms with Crippen molar-refractivity contribution in [3.63, 3.8) is 0 Å². The van der Waals surface area contributed by atoms with E-state index in [2.05, 4.69) is 31.6 Å². The van der Waals surface area contributed by atoms with Gasteiger partial charge in [-0.1, -0.05) is 0 Å². The molecule has 6 nitrogen and oxygen atoms in total. The van der Waals surface area contributed by atoms with Crippen LogP contribution in [0.15, 0.2) is 21.6 Å². The third-order valence-electron chi connectivity index (χ3n) is 2.79. The van der Waals surface area contributed by atoms with Crippen LogP contribution in [-0.2, 0) is 4.79 Å². The van der Waals surface area contributed by atoms with Crippen LogP contribution in [0.25, 0.3) is 0 Å². The van der Waals surface area contributed by atoms with Crippen molar-refractivity contribution in [1.29, 1.82) is 0 Å². The van der Waals surface area contributed by atoms with Crippen molar-refractivity contribution in [2.45, 2.75) is 6.04 Å². The number of nitrogens with one attached hydrogen (secondary N) is 2. The molecule has 2 aliphatic heterocycles. The number of fused-ring (bicyclic) bond motifs is 1. The van der Waals surface area contributed by atoms with Crippen molar-refractivity contribution in [3.05, 3.63) is 22.2 Å². The third kappa shape index (κ3) is 1.71. The molecule has 1 saturated heterocycles. The van der Waals surface area contributed by atoms with E-state index in [1.165, 1.54) is 0 Å². The van der Waals surface area contributed by atoms with Crippen molar-refractivity contribution >= 4 is 27.8 Å². The summed E-state index contributed by atoms with van der Waals surface area (Å²) < 4.78 is 11.4. The monoisotopic (exact) mass is 311 g/mol. The zero-order valence-corrected chi connectivity index (χ0v) is 11.1. The zero-order chi connectivity index (χ0) is 12.7. The first kappa shape index (κ1) is 11.3. The standard InChI is InChI=1S/C11H10BrN3O3/c1-13-11-14-8(10(16)15-11)5-2-6(12)9-7(3-5)17-4-18-9/h2-3,8H,4H2,1H3,(H2,13,14,15,16). The number of rotatable bonds is 1. The van der Waals surface area contributed by atoms with Gasteiger partial charge in [0, 0.05) is 7.05 Å². The molecule has 0 aliphatic carbocycles. The molecule has 2 aliphatic rings. The molecule has 1 atom stereocenters. The van der Waals surface area contributed by atoms with Gasteiger partial charge in [0.05, 0.1) is 4.47 Å². The average Bonchev–Trinajstić information content (AvgIpc) is 2.95. The highest BCUT2D eigenvalue weighted by Gasteiger charge is 2.31. The summed E-state index contributed by atoms with van der Waals surface area (Å²) in [7, 11) is 1.61. The SMILES string of the molecule is CN=C1NC(=O)C(c2cc(Br)c3c(c2)OCO3)N1. The van der Waals surface area contributed by atoms with Gasteiger partial charge < -0.3 is 14.8 Å². The summed E-state index contributed by atoms with van der Waals surface area (Å²) in [5.74, 6) is 1.64. The van der Waals surface area contributed by atoms with Crippen LogP contribution in [0.3, 0.4) is 0 Å². The maximum atomic E-state index is 11.8. The molecular formula is C11H10BrN3O3. The molecule has 18 heavy (non-hydrogen) atoms. The predicted molar refractivity (Wildman–Crippen MR) is 67.6 cm³/mol. The fraction of sp³-hybridized carbons (Fsp3) is 0.273. The second-order valence-corrected chi connectivity index (χ2v) is 4.73. The first-order chi connectivity index (χ1) is 8.69. The largest absolute Gasteiger partial charge is 0.454 e. The van der Waals surface area contributed by atoms with Gasteiger partial charge in [0.25, 0.3) is 5.91 Å². The number of amides is 1. The molecule has 1 unspecified atom stereocenters. The van der Waals surface area contributed by atoms with Crippen LogP contribution in [0.1, 0.15) is 11.6 Å². The van der Waals surface area contributed by atoms with E-state index in [1.54, 1.807) is 13.1 Å². The smallest absolute Gasteiger partial charge is 0.253 e. The fourth-order valence-corrected chi connectivity index (χ4v) is 2.51. The van der Waals surface area contributed by atoms with Gasteiger partial charge in [-0.2, -0.15) is 0 Å². The highest BCUT2D eigenvalue weighted by molar-refractivity contribution is 9.10. The number of nitrogens with zero attached hydrogens (tertiary/aromatic N) is 1. The van der Waals surface area contributed by atoms with Gasteiger partial charge in [-0.25, -0.2) is 0 Å². The van der Waals surface area contributed by atoms with E-state index in [9.17, 15) is 4.79 Å². The molecule has 1 aromatic rings. The Morgan fingerprint density at radius 1 is 1.44 bits per heavy atom. The van der Waals surface area contributed by atoms with Crippen LogP contribution in [-0.4, -0.2) is 25.7 Å². The minimum absolute atomic E-state index is 0.138. The van der Waals surface area contributed by atoms with E-state index in [1.807, 2.05) is 6.07 Å². The van der Waals surface area contributed by atoms with E-state index in [-0.39, 0.29) is 12.7 Å². The van der Waals surface area contributed by atoms with E-state index in [4.69, 9.17) is 9.47 Å². The van der Waals surface area contributed by atoms with Gasteiger partial charge in [-0.15, -0.1) is 0 Å². The topological polar surface area (TPSA) is 72.0 Å². The lowest BCUT2D eigenvalue weighted by Gasteiger charge is -2.10. The highest BCUT2D eigenvalue weighted by Crippen LogP contribution is 2.41. The Balaban J connectivity index is 1.98. The Morgan fingerprint density at radius 3 is 3.00 bits per heavy atom. The van der Waals surface area contributed by atoms with Gasteiger partial charge in [0.15, 0.2) is 17.5 Å².